The molecule has 0 aromatic carbocycles. The highest BCUT2D eigenvalue weighted by molar-refractivity contribution is 5.79. The number of nitrogens with two attached hydrogens (primary N) is 1. The summed E-state index contributed by atoms with van der Waals surface area (Å²) in [5.74, 6) is 7.08. The molecule has 1 saturated heterocycles. The van der Waals surface area contributed by atoms with Gasteiger partial charge in [0.25, 0.3) is 0 Å². The summed E-state index contributed by atoms with van der Waals surface area (Å²) in [5.41, 5.74) is 2.70. The molecule has 0 unspecified atom stereocenters. The second-order valence-corrected chi connectivity index (χ2v) is 4.98. The molecule has 0 bridgehead atoms. The van der Waals surface area contributed by atoms with E-state index in [-0.39, 0.29) is 0 Å². The van der Waals surface area contributed by atoms with Crippen molar-refractivity contribution in [1.82, 2.24) is 15.2 Å². The fourth-order valence-corrected chi connectivity index (χ4v) is 2.21. The fourth-order valence-electron chi connectivity index (χ4n) is 2.21. The molecule has 0 aromatic heterocycles. The van der Waals surface area contributed by atoms with Gasteiger partial charge in [0.05, 0.1) is 0 Å². The number of aliphatic imine (C=N–C) groups is 1. The second kappa shape index (κ2) is 7.50. The number of rotatable bonds is 4. The largest absolute Gasteiger partial charge is 0.345 e. The molecular weight excluding hydrogens is 214 g/mol. The minimum atomic E-state index is 0.761. The monoisotopic (exact) mass is 241 g/mol. The molecule has 0 aromatic rings. The van der Waals surface area contributed by atoms with Gasteiger partial charge >= 0.3 is 0 Å². The van der Waals surface area contributed by atoms with Gasteiger partial charge in [0.2, 0.25) is 5.96 Å². The number of piperidine rings is 1. The van der Waals surface area contributed by atoms with E-state index >= 15 is 0 Å². The van der Waals surface area contributed by atoms with Crippen molar-refractivity contribution in [2.75, 3.05) is 40.3 Å². The number of hydrazine groups is 1. The third-order valence-corrected chi connectivity index (χ3v) is 3.35. The van der Waals surface area contributed by atoms with Gasteiger partial charge in [0.15, 0.2) is 0 Å². The lowest BCUT2D eigenvalue weighted by molar-refractivity contribution is 0.199. The van der Waals surface area contributed by atoms with Crippen LogP contribution in [0.25, 0.3) is 0 Å². The Bertz CT molecular complexity index is 233. The smallest absolute Gasteiger partial charge is 0.208 e. The summed E-state index contributed by atoms with van der Waals surface area (Å²) < 4.78 is 0. The molecule has 17 heavy (non-hydrogen) atoms. The fraction of sp³-hybridized carbons (Fsp3) is 0.917. The maximum absolute atomic E-state index is 5.51. The maximum Gasteiger partial charge on any atom is 0.208 e. The van der Waals surface area contributed by atoms with Crippen molar-refractivity contribution in [3.05, 3.63) is 0 Å². The van der Waals surface area contributed by atoms with Crippen molar-refractivity contribution in [1.29, 1.82) is 0 Å². The van der Waals surface area contributed by atoms with E-state index in [0.717, 1.165) is 31.4 Å². The standard InChI is InChI=1S/C12H27N5/c1-4-7-14-12(15-13)17(3)10-11-5-8-16(2)9-6-11/h11H,4-10,13H2,1-3H3,(H,14,15). The summed E-state index contributed by atoms with van der Waals surface area (Å²) in [7, 11) is 4.25. The summed E-state index contributed by atoms with van der Waals surface area (Å²) in [4.78, 5) is 8.97. The molecule has 1 aliphatic heterocycles. The van der Waals surface area contributed by atoms with Gasteiger partial charge in [-0.3, -0.25) is 10.4 Å². The van der Waals surface area contributed by atoms with E-state index in [1.807, 2.05) is 0 Å². The summed E-state index contributed by atoms with van der Waals surface area (Å²) >= 11 is 0. The van der Waals surface area contributed by atoms with Gasteiger partial charge in [-0.2, -0.15) is 0 Å². The van der Waals surface area contributed by atoms with Crippen molar-refractivity contribution in [3.8, 4) is 0 Å². The van der Waals surface area contributed by atoms with Gasteiger partial charge in [0, 0.05) is 20.1 Å². The summed E-state index contributed by atoms with van der Waals surface area (Å²) in [6, 6.07) is 0. The Kier molecular flexibility index (Phi) is 6.29. The Balaban J connectivity index is 2.38. The number of hydrogen-bond donors (Lipinski definition) is 2. The van der Waals surface area contributed by atoms with Crippen LogP contribution in [0, 0.1) is 5.92 Å². The highest BCUT2D eigenvalue weighted by atomic mass is 15.4. The molecule has 5 nitrogen and oxygen atoms in total. The van der Waals surface area contributed by atoms with Crippen molar-refractivity contribution >= 4 is 5.96 Å². The topological polar surface area (TPSA) is 56.9 Å². The second-order valence-electron chi connectivity index (χ2n) is 4.98. The predicted octanol–water partition coefficient (Wildman–Crippen LogP) is 0.489. The van der Waals surface area contributed by atoms with Crippen molar-refractivity contribution < 1.29 is 0 Å². The summed E-state index contributed by atoms with van der Waals surface area (Å²) in [6.45, 7) is 6.40. The average molecular weight is 241 g/mol. The van der Waals surface area contributed by atoms with E-state index in [2.05, 4.69) is 41.2 Å². The molecular formula is C12H27N5. The van der Waals surface area contributed by atoms with Gasteiger partial charge < -0.3 is 9.80 Å². The first-order valence-corrected chi connectivity index (χ1v) is 6.58. The van der Waals surface area contributed by atoms with E-state index in [0.29, 0.717) is 0 Å². The lowest BCUT2D eigenvalue weighted by atomic mass is 9.97. The lowest BCUT2D eigenvalue weighted by Gasteiger charge is -2.32. The third kappa shape index (κ3) is 4.91. The Labute approximate surface area is 105 Å². The molecule has 0 aliphatic carbocycles. The zero-order valence-electron chi connectivity index (χ0n) is 11.4. The number of hydrogen-bond acceptors (Lipinski definition) is 3. The van der Waals surface area contributed by atoms with E-state index in [9.17, 15) is 0 Å². The normalized spacial score (nSPS) is 19.4. The van der Waals surface area contributed by atoms with E-state index < -0.39 is 0 Å². The van der Waals surface area contributed by atoms with Crippen molar-refractivity contribution in [2.24, 2.45) is 16.8 Å². The number of guanidine groups is 1. The average Bonchev–Trinajstić information content (AvgIpc) is 2.33. The number of nitrogens with one attached hydrogen (secondary N) is 1. The zero-order valence-corrected chi connectivity index (χ0v) is 11.4. The number of likely N-dealkylation sites (tertiary alicyclic amines) is 1. The molecule has 0 spiro atoms. The first kappa shape index (κ1) is 14.3. The zero-order chi connectivity index (χ0) is 12.7. The Morgan fingerprint density at radius 3 is 2.65 bits per heavy atom. The highest BCUT2D eigenvalue weighted by Crippen LogP contribution is 2.16. The minimum Gasteiger partial charge on any atom is -0.345 e. The first-order valence-electron chi connectivity index (χ1n) is 6.58. The van der Waals surface area contributed by atoms with Crippen LogP contribution in [-0.4, -0.2) is 56.0 Å². The highest BCUT2D eigenvalue weighted by Gasteiger charge is 2.19. The van der Waals surface area contributed by atoms with Gasteiger partial charge in [0.1, 0.15) is 0 Å². The summed E-state index contributed by atoms with van der Waals surface area (Å²) in [5, 5.41) is 0. The Hall–Kier alpha value is -0.810. The molecule has 100 valence electrons. The maximum atomic E-state index is 5.51. The van der Waals surface area contributed by atoms with Gasteiger partial charge in [-0.05, 0) is 45.3 Å². The van der Waals surface area contributed by atoms with Gasteiger partial charge in [-0.1, -0.05) is 6.92 Å². The minimum absolute atomic E-state index is 0.761. The molecule has 3 N–H and O–H groups in total. The van der Waals surface area contributed by atoms with Crippen LogP contribution in [0.1, 0.15) is 26.2 Å². The van der Waals surface area contributed by atoms with Gasteiger partial charge in [-0.25, -0.2) is 5.84 Å². The molecule has 0 amide bonds. The van der Waals surface area contributed by atoms with Crippen LogP contribution in [0.2, 0.25) is 0 Å². The van der Waals surface area contributed by atoms with Crippen LogP contribution in [0.15, 0.2) is 4.99 Å². The van der Waals surface area contributed by atoms with E-state index in [4.69, 9.17) is 5.84 Å². The van der Waals surface area contributed by atoms with E-state index in [1.165, 1.54) is 25.9 Å². The van der Waals surface area contributed by atoms with E-state index in [1.54, 1.807) is 0 Å². The van der Waals surface area contributed by atoms with Crippen molar-refractivity contribution in [3.63, 3.8) is 0 Å². The molecule has 0 atom stereocenters. The molecule has 1 rings (SSSR count). The van der Waals surface area contributed by atoms with Crippen LogP contribution in [0.3, 0.4) is 0 Å². The van der Waals surface area contributed by atoms with Crippen LogP contribution in [0.5, 0.6) is 0 Å². The number of nitrogens with zero attached hydrogens (tertiary/aromatic N) is 3. The Morgan fingerprint density at radius 2 is 2.12 bits per heavy atom. The first-order chi connectivity index (χ1) is 8.17. The lowest BCUT2D eigenvalue weighted by Crippen LogP contribution is -2.46. The molecule has 1 fully saturated rings. The molecule has 0 radical (unpaired) electrons. The van der Waals surface area contributed by atoms with Crippen LogP contribution in [0.4, 0.5) is 0 Å². The molecule has 1 heterocycles. The Morgan fingerprint density at radius 1 is 1.47 bits per heavy atom. The predicted molar refractivity (Wildman–Crippen MR) is 72.8 cm³/mol. The molecule has 1 aliphatic rings. The quantitative estimate of drug-likeness (QED) is 0.325. The van der Waals surface area contributed by atoms with Crippen LogP contribution >= 0.6 is 0 Å². The molecule has 0 saturated carbocycles. The van der Waals surface area contributed by atoms with Crippen LogP contribution in [-0.2, 0) is 0 Å². The van der Waals surface area contributed by atoms with Crippen LogP contribution < -0.4 is 11.3 Å². The third-order valence-electron chi connectivity index (χ3n) is 3.35. The van der Waals surface area contributed by atoms with Crippen molar-refractivity contribution in [2.45, 2.75) is 26.2 Å². The van der Waals surface area contributed by atoms with Gasteiger partial charge in [-0.15, -0.1) is 0 Å². The summed E-state index contributed by atoms with van der Waals surface area (Å²) in [6.07, 6.45) is 3.59. The SMILES string of the molecule is CCCN=C(NN)N(C)CC1CCN(C)CC1. The molecule has 5 heteroatoms.